The number of esters is 3. The molecule has 6 heteroatoms. The molecule has 0 radical (unpaired) electrons. The summed E-state index contributed by atoms with van der Waals surface area (Å²) in [5.41, 5.74) is 0. The Morgan fingerprint density at radius 3 is 1.03 bits per heavy atom. The van der Waals surface area contributed by atoms with Crippen molar-refractivity contribution < 1.29 is 28.6 Å². The molecule has 0 fully saturated rings. The highest BCUT2D eigenvalue weighted by molar-refractivity contribution is 5.71. The fraction of sp³-hybridized carbons (Fsp3) is 0.800. The van der Waals surface area contributed by atoms with Crippen LogP contribution in [0.25, 0.3) is 0 Å². The first-order valence-corrected chi connectivity index (χ1v) is 26.1. The van der Waals surface area contributed by atoms with Crippen molar-refractivity contribution in [3.63, 3.8) is 0 Å². The maximum absolute atomic E-state index is 12.8. The maximum Gasteiger partial charge on any atom is 0.306 e. The van der Waals surface area contributed by atoms with Crippen LogP contribution in [-0.2, 0) is 28.6 Å². The summed E-state index contributed by atoms with van der Waals surface area (Å²) in [5, 5.41) is 0. The number of carbonyl (C=O) groups excluding carboxylic acids is 3. The van der Waals surface area contributed by atoms with Crippen molar-refractivity contribution in [2.45, 2.75) is 271 Å². The number of carbonyl (C=O) groups is 3. The van der Waals surface area contributed by atoms with E-state index < -0.39 is 6.10 Å². The summed E-state index contributed by atoms with van der Waals surface area (Å²) >= 11 is 0. The summed E-state index contributed by atoms with van der Waals surface area (Å²) in [6, 6.07) is 0. The maximum atomic E-state index is 12.8. The lowest BCUT2D eigenvalue weighted by molar-refractivity contribution is -0.167. The van der Waals surface area contributed by atoms with Crippen molar-refractivity contribution in [2.75, 3.05) is 13.2 Å². The SMILES string of the molecule is CC/C=C\C/C=C\CCCCC(=O)OCC(COC(=O)CCCCCCC/C=C\CCCCCCCCCCC)OC(=O)CCCCCCC/C=C\CCCCCCCCC. The Morgan fingerprint density at radius 2 is 0.639 bits per heavy atom. The summed E-state index contributed by atoms with van der Waals surface area (Å²) in [6.07, 6.45) is 59.7. The van der Waals surface area contributed by atoms with Crippen LogP contribution in [0, 0.1) is 0 Å². The van der Waals surface area contributed by atoms with Crippen molar-refractivity contribution in [2.24, 2.45) is 0 Å². The van der Waals surface area contributed by atoms with Crippen LogP contribution in [0.1, 0.15) is 265 Å². The van der Waals surface area contributed by atoms with E-state index in [9.17, 15) is 14.4 Å². The first-order valence-electron chi connectivity index (χ1n) is 26.1. The monoisotopic (exact) mass is 855 g/mol. The third-order valence-corrected chi connectivity index (χ3v) is 11.3. The van der Waals surface area contributed by atoms with E-state index in [2.05, 4.69) is 69.4 Å². The van der Waals surface area contributed by atoms with E-state index in [4.69, 9.17) is 14.2 Å². The lowest BCUT2D eigenvalue weighted by Crippen LogP contribution is -2.30. The number of hydrogen-bond acceptors (Lipinski definition) is 6. The predicted molar refractivity (Wildman–Crippen MR) is 261 cm³/mol. The molecule has 0 amide bonds. The molecule has 6 nitrogen and oxygen atoms in total. The predicted octanol–water partition coefficient (Wildman–Crippen LogP) is 17.1. The zero-order chi connectivity index (χ0) is 44.4. The van der Waals surface area contributed by atoms with Gasteiger partial charge in [-0.1, -0.05) is 198 Å². The molecule has 61 heavy (non-hydrogen) atoms. The van der Waals surface area contributed by atoms with E-state index in [1.54, 1.807) is 0 Å². The summed E-state index contributed by atoms with van der Waals surface area (Å²) in [6.45, 7) is 6.48. The topological polar surface area (TPSA) is 78.9 Å². The van der Waals surface area contributed by atoms with E-state index in [1.165, 1.54) is 135 Å². The van der Waals surface area contributed by atoms with E-state index in [-0.39, 0.29) is 31.1 Å². The van der Waals surface area contributed by atoms with Crippen LogP contribution in [0.4, 0.5) is 0 Å². The van der Waals surface area contributed by atoms with Crippen molar-refractivity contribution in [3.05, 3.63) is 48.6 Å². The molecule has 354 valence electrons. The quantitative estimate of drug-likeness (QED) is 0.0263. The van der Waals surface area contributed by atoms with Crippen LogP contribution >= 0.6 is 0 Å². The third-order valence-electron chi connectivity index (χ3n) is 11.3. The van der Waals surface area contributed by atoms with Gasteiger partial charge in [0, 0.05) is 19.3 Å². The van der Waals surface area contributed by atoms with Crippen molar-refractivity contribution >= 4 is 17.9 Å². The van der Waals surface area contributed by atoms with Gasteiger partial charge in [0.15, 0.2) is 6.10 Å². The first kappa shape index (κ1) is 58.4. The largest absolute Gasteiger partial charge is 0.462 e. The fourth-order valence-electron chi connectivity index (χ4n) is 7.35. The zero-order valence-corrected chi connectivity index (χ0v) is 40.4. The second-order valence-electron chi connectivity index (χ2n) is 17.4. The highest BCUT2D eigenvalue weighted by Crippen LogP contribution is 2.14. The van der Waals surface area contributed by atoms with Crippen LogP contribution in [0.3, 0.4) is 0 Å². The van der Waals surface area contributed by atoms with Gasteiger partial charge >= 0.3 is 17.9 Å². The van der Waals surface area contributed by atoms with Gasteiger partial charge in [-0.15, -0.1) is 0 Å². The summed E-state index contributed by atoms with van der Waals surface area (Å²) < 4.78 is 16.7. The van der Waals surface area contributed by atoms with Crippen molar-refractivity contribution in [1.29, 1.82) is 0 Å². The van der Waals surface area contributed by atoms with Crippen LogP contribution < -0.4 is 0 Å². The number of unbranched alkanes of at least 4 members (excludes halogenated alkanes) is 28. The smallest absolute Gasteiger partial charge is 0.306 e. The van der Waals surface area contributed by atoms with Crippen LogP contribution in [0.5, 0.6) is 0 Å². The Labute approximate surface area is 378 Å². The normalized spacial score (nSPS) is 12.4. The molecule has 0 spiro atoms. The van der Waals surface area contributed by atoms with Crippen LogP contribution in [-0.4, -0.2) is 37.2 Å². The minimum atomic E-state index is -0.791. The summed E-state index contributed by atoms with van der Waals surface area (Å²) in [5.74, 6) is -0.939. The Kier molecular flexibility index (Phi) is 47.9. The van der Waals surface area contributed by atoms with Gasteiger partial charge in [-0.05, 0) is 96.3 Å². The number of hydrogen-bond donors (Lipinski definition) is 0. The molecule has 0 aromatic carbocycles. The zero-order valence-electron chi connectivity index (χ0n) is 40.4. The molecular weight excluding hydrogens is 757 g/mol. The highest BCUT2D eigenvalue weighted by atomic mass is 16.6. The second-order valence-corrected chi connectivity index (χ2v) is 17.4. The Bertz CT molecular complexity index is 1070. The lowest BCUT2D eigenvalue weighted by atomic mass is 10.1. The van der Waals surface area contributed by atoms with E-state index in [0.717, 1.165) is 89.9 Å². The first-order chi connectivity index (χ1) is 30.0. The Hall–Kier alpha value is -2.63. The molecule has 0 heterocycles. The molecule has 1 unspecified atom stereocenters. The number of rotatable bonds is 47. The van der Waals surface area contributed by atoms with Gasteiger partial charge in [0.25, 0.3) is 0 Å². The van der Waals surface area contributed by atoms with Gasteiger partial charge in [-0.2, -0.15) is 0 Å². The van der Waals surface area contributed by atoms with Gasteiger partial charge in [0.2, 0.25) is 0 Å². The van der Waals surface area contributed by atoms with E-state index in [1.807, 2.05) is 0 Å². The Balaban J connectivity index is 4.33. The highest BCUT2D eigenvalue weighted by Gasteiger charge is 2.19. The van der Waals surface area contributed by atoms with Gasteiger partial charge in [0.1, 0.15) is 13.2 Å². The Morgan fingerprint density at radius 1 is 0.344 bits per heavy atom. The molecular formula is C55H98O6. The lowest BCUT2D eigenvalue weighted by Gasteiger charge is -2.18. The third kappa shape index (κ3) is 48.3. The molecule has 0 aliphatic heterocycles. The average molecular weight is 855 g/mol. The average Bonchev–Trinajstić information content (AvgIpc) is 3.26. The fourth-order valence-corrected chi connectivity index (χ4v) is 7.35. The van der Waals surface area contributed by atoms with E-state index in [0.29, 0.717) is 19.3 Å². The molecule has 0 saturated heterocycles. The molecule has 0 aliphatic carbocycles. The molecule has 0 rings (SSSR count). The standard InChI is InChI=1S/C55H98O6/c1-4-7-10-13-16-19-21-23-25-27-28-30-31-33-36-39-42-45-48-54(57)60-51-52(50-59-53(56)47-44-41-38-35-18-15-12-9-6-3)61-55(58)49-46-43-40-37-34-32-29-26-24-22-20-17-14-11-8-5-2/h9,12,18,26,28-30,35,52H,4-8,10-11,13-17,19-25,27,31-34,36-51H2,1-3H3/b12-9-,29-26-,30-28-,35-18-. The molecule has 0 aromatic rings. The van der Waals surface area contributed by atoms with Crippen LogP contribution in [0.2, 0.25) is 0 Å². The minimum Gasteiger partial charge on any atom is -0.462 e. The van der Waals surface area contributed by atoms with Crippen LogP contribution in [0.15, 0.2) is 48.6 Å². The number of allylic oxidation sites excluding steroid dienone is 8. The van der Waals surface area contributed by atoms with Gasteiger partial charge < -0.3 is 14.2 Å². The van der Waals surface area contributed by atoms with Crippen molar-refractivity contribution in [3.8, 4) is 0 Å². The molecule has 1 atom stereocenters. The minimum absolute atomic E-state index is 0.0903. The van der Waals surface area contributed by atoms with E-state index >= 15 is 0 Å². The van der Waals surface area contributed by atoms with Crippen molar-refractivity contribution in [1.82, 2.24) is 0 Å². The summed E-state index contributed by atoms with van der Waals surface area (Å²) in [7, 11) is 0. The van der Waals surface area contributed by atoms with Gasteiger partial charge in [-0.3, -0.25) is 14.4 Å². The molecule has 0 aliphatic rings. The molecule has 0 N–H and O–H groups in total. The molecule has 0 aromatic heterocycles. The summed E-state index contributed by atoms with van der Waals surface area (Å²) in [4.78, 5) is 37.9. The van der Waals surface area contributed by atoms with Gasteiger partial charge in [0.05, 0.1) is 0 Å². The number of ether oxygens (including phenoxy) is 3. The van der Waals surface area contributed by atoms with Gasteiger partial charge in [-0.25, -0.2) is 0 Å². The molecule has 0 saturated carbocycles. The molecule has 0 bridgehead atoms. The second kappa shape index (κ2) is 50.0.